The number of aromatic nitrogens is 3. The molecule has 29 heavy (non-hydrogen) atoms. The van der Waals surface area contributed by atoms with Crippen LogP contribution < -0.4 is 10.6 Å². The zero-order chi connectivity index (χ0) is 20.4. The Labute approximate surface area is 171 Å². The fraction of sp³-hybridized carbons (Fsp3) is 0.545. The number of nitrogens with zero attached hydrogens (tertiary/aromatic N) is 5. The number of hydrogen-bond donors (Lipinski definition) is 1. The van der Waals surface area contributed by atoms with E-state index in [2.05, 4.69) is 34.0 Å². The number of anilines is 1. The van der Waals surface area contributed by atoms with Crippen molar-refractivity contribution in [2.24, 2.45) is 0 Å². The van der Waals surface area contributed by atoms with E-state index in [1.54, 1.807) is 23.1 Å². The molecule has 1 fully saturated rings. The first-order valence-corrected chi connectivity index (χ1v) is 10.7. The summed E-state index contributed by atoms with van der Waals surface area (Å²) in [7, 11) is 0. The molecule has 0 radical (unpaired) electrons. The van der Waals surface area contributed by atoms with Crippen LogP contribution in [0, 0.1) is 0 Å². The smallest absolute Gasteiger partial charge is 0.346 e. The number of rotatable bonds is 5. The van der Waals surface area contributed by atoms with Crippen LogP contribution in [-0.4, -0.2) is 56.6 Å². The van der Waals surface area contributed by atoms with Gasteiger partial charge >= 0.3 is 5.69 Å². The Bertz CT molecular complexity index is 893. The number of phenols is 1. The second kappa shape index (κ2) is 8.45. The van der Waals surface area contributed by atoms with E-state index in [0.29, 0.717) is 5.75 Å². The number of hydrogen-bond acceptors (Lipinski definition) is 5. The number of piperazine rings is 1. The summed E-state index contributed by atoms with van der Waals surface area (Å²) >= 11 is 0. The third-order valence-corrected chi connectivity index (χ3v) is 6.39. The normalized spacial score (nSPS) is 24.0. The first-order valence-electron chi connectivity index (χ1n) is 10.7. The van der Waals surface area contributed by atoms with E-state index >= 15 is 0 Å². The molecule has 0 bridgehead atoms. The van der Waals surface area contributed by atoms with Gasteiger partial charge in [-0.15, -0.1) is 0 Å². The van der Waals surface area contributed by atoms with Crippen LogP contribution in [0.15, 0.2) is 47.5 Å². The summed E-state index contributed by atoms with van der Waals surface area (Å²) < 4.78 is 3.48. The van der Waals surface area contributed by atoms with E-state index in [-0.39, 0.29) is 23.8 Å². The molecule has 0 unspecified atom stereocenters. The summed E-state index contributed by atoms with van der Waals surface area (Å²) in [5.41, 5.74) is 1.15. The van der Waals surface area contributed by atoms with Crippen LogP contribution >= 0.6 is 0 Å². The predicted octanol–water partition coefficient (Wildman–Crippen LogP) is 2.80. The molecule has 2 aliphatic rings. The molecule has 1 aliphatic carbocycles. The van der Waals surface area contributed by atoms with E-state index in [1.807, 2.05) is 23.6 Å². The summed E-state index contributed by atoms with van der Waals surface area (Å²) in [5.74, 6) is 0.297. The summed E-state index contributed by atoms with van der Waals surface area (Å²) in [4.78, 5) is 17.8. The van der Waals surface area contributed by atoms with Gasteiger partial charge in [-0.2, -0.15) is 5.10 Å². The van der Waals surface area contributed by atoms with Crippen LogP contribution in [0.1, 0.15) is 45.2 Å². The Balaban J connectivity index is 1.48. The van der Waals surface area contributed by atoms with Crippen molar-refractivity contribution in [3.05, 3.63) is 53.2 Å². The Kier molecular flexibility index (Phi) is 5.76. The lowest BCUT2D eigenvalue weighted by Crippen LogP contribution is -2.53. The molecule has 2 aromatic rings. The van der Waals surface area contributed by atoms with Crippen LogP contribution in [0.4, 0.5) is 5.69 Å². The van der Waals surface area contributed by atoms with Gasteiger partial charge in [-0.25, -0.2) is 9.48 Å². The van der Waals surface area contributed by atoms with Crippen molar-refractivity contribution in [3.63, 3.8) is 0 Å². The average molecular weight is 398 g/mol. The van der Waals surface area contributed by atoms with Gasteiger partial charge in [-0.1, -0.05) is 19.1 Å². The van der Waals surface area contributed by atoms with Gasteiger partial charge in [0.25, 0.3) is 0 Å². The molecular formula is C22H31N5O2. The van der Waals surface area contributed by atoms with E-state index in [0.717, 1.165) is 51.1 Å². The van der Waals surface area contributed by atoms with Gasteiger partial charge in [-0.05, 0) is 50.5 Å². The molecule has 4 rings (SSSR count). The number of phenolic OH excluding ortho intramolecular Hbond substituents is 1. The minimum absolute atomic E-state index is 0.00683. The molecule has 1 N–H and O–H groups in total. The Hall–Kier alpha value is -2.54. The Morgan fingerprint density at radius 2 is 1.90 bits per heavy atom. The highest BCUT2D eigenvalue weighted by Gasteiger charge is 2.32. The molecule has 2 heterocycles. The van der Waals surface area contributed by atoms with Gasteiger partial charge in [0.15, 0.2) is 0 Å². The highest BCUT2D eigenvalue weighted by atomic mass is 16.3. The molecule has 0 spiro atoms. The Morgan fingerprint density at radius 3 is 2.59 bits per heavy atom. The molecule has 1 aromatic carbocycles. The summed E-state index contributed by atoms with van der Waals surface area (Å²) in [6.07, 6.45) is 9.11. The van der Waals surface area contributed by atoms with Crippen molar-refractivity contribution in [3.8, 4) is 5.75 Å². The fourth-order valence-corrected chi connectivity index (χ4v) is 4.44. The molecule has 1 saturated heterocycles. The lowest BCUT2D eigenvalue weighted by Gasteiger charge is -2.43. The summed E-state index contributed by atoms with van der Waals surface area (Å²) in [6, 6.07) is 7.89. The van der Waals surface area contributed by atoms with Gasteiger partial charge in [-0.3, -0.25) is 9.47 Å². The summed E-state index contributed by atoms with van der Waals surface area (Å²) in [6.45, 7) is 7.88. The van der Waals surface area contributed by atoms with E-state index in [4.69, 9.17) is 0 Å². The maximum absolute atomic E-state index is 13.0. The molecule has 7 heteroatoms. The van der Waals surface area contributed by atoms with Crippen LogP contribution in [0.3, 0.4) is 0 Å². The van der Waals surface area contributed by atoms with Gasteiger partial charge in [0.2, 0.25) is 0 Å². The topological polar surface area (TPSA) is 66.5 Å². The van der Waals surface area contributed by atoms with Crippen molar-refractivity contribution in [1.82, 2.24) is 19.2 Å². The van der Waals surface area contributed by atoms with Crippen LogP contribution in [0.25, 0.3) is 0 Å². The standard InChI is InChI=1S/C22H31N5O2/c1-3-17(2)27-22(29)26(16-23-27)21-7-5-4-6-20(21)25-14-12-24(13-15-25)18-8-10-19(28)11-9-18/h4,6,8-11,16-17,20-21,28H,3,5,7,12-15H2,1-2H3/t17-,20+,21-/m0/s1. The van der Waals surface area contributed by atoms with E-state index < -0.39 is 0 Å². The second-order valence-corrected chi connectivity index (χ2v) is 8.13. The van der Waals surface area contributed by atoms with Gasteiger partial charge in [0, 0.05) is 37.9 Å². The maximum atomic E-state index is 13.0. The predicted molar refractivity (Wildman–Crippen MR) is 115 cm³/mol. The van der Waals surface area contributed by atoms with Gasteiger partial charge < -0.3 is 10.0 Å². The number of allylic oxidation sites excluding steroid dienone is 1. The molecule has 1 aliphatic heterocycles. The van der Waals surface area contributed by atoms with Gasteiger partial charge in [0.1, 0.15) is 12.1 Å². The molecule has 3 atom stereocenters. The monoisotopic (exact) mass is 397 g/mol. The molecular weight excluding hydrogens is 366 g/mol. The van der Waals surface area contributed by atoms with Crippen LogP contribution in [0.2, 0.25) is 0 Å². The van der Waals surface area contributed by atoms with Crippen LogP contribution in [0.5, 0.6) is 5.75 Å². The largest absolute Gasteiger partial charge is 0.508 e. The van der Waals surface area contributed by atoms with Crippen molar-refractivity contribution < 1.29 is 5.11 Å². The Morgan fingerprint density at radius 1 is 1.17 bits per heavy atom. The maximum Gasteiger partial charge on any atom is 0.346 e. The highest BCUT2D eigenvalue weighted by molar-refractivity contribution is 5.49. The van der Waals surface area contributed by atoms with Crippen molar-refractivity contribution >= 4 is 5.69 Å². The van der Waals surface area contributed by atoms with Crippen molar-refractivity contribution in [2.45, 2.75) is 51.2 Å². The number of aromatic hydroxyl groups is 1. The minimum atomic E-state index is 0.00683. The lowest BCUT2D eigenvalue weighted by atomic mass is 9.94. The molecule has 7 nitrogen and oxygen atoms in total. The first-order chi connectivity index (χ1) is 14.1. The highest BCUT2D eigenvalue weighted by Crippen LogP contribution is 2.29. The molecule has 1 aromatic heterocycles. The third-order valence-electron chi connectivity index (χ3n) is 6.39. The first kappa shape index (κ1) is 19.8. The molecule has 0 saturated carbocycles. The third kappa shape index (κ3) is 3.96. The quantitative estimate of drug-likeness (QED) is 0.786. The lowest BCUT2D eigenvalue weighted by molar-refractivity contribution is 0.156. The average Bonchev–Trinajstić information content (AvgIpc) is 3.15. The van der Waals surface area contributed by atoms with Gasteiger partial charge in [0.05, 0.1) is 12.1 Å². The SMILES string of the molecule is CC[C@H](C)n1ncn([C@H]2CCC=C[C@H]2N2CCN(c3ccc(O)cc3)CC2)c1=O. The molecule has 156 valence electrons. The minimum Gasteiger partial charge on any atom is -0.508 e. The zero-order valence-electron chi connectivity index (χ0n) is 17.3. The summed E-state index contributed by atoms with van der Waals surface area (Å²) in [5, 5.41) is 13.9. The van der Waals surface area contributed by atoms with Crippen LogP contribution in [-0.2, 0) is 0 Å². The van der Waals surface area contributed by atoms with Crippen molar-refractivity contribution in [1.29, 1.82) is 0 Å². The second-order valence-electron chi connectivity index (χ2n) is 8.13. The van der Waals surface area contributed by atoms with Crippen molar-refractivity contribution in [2.75, 3.05) is 31.1 Å². The van der Waals surface area contributed by atoms with E-state index in [1.165, 1.54) is 0 Å². The molecule has 0 amide bonds. The number of benzene rings is 1. The fourth-order valence-electron chi connectivity index (χ4n) is 4.44. The zero-order valence-corrected chi connectivity index (χ0v) is 17.3. The van der Waals surface area contributed by atoms with E-state index in [9.17, 15) is 9.90 Å².